The Morgan fingerprint density at radius 3 is 2.60 bits per heavy atom. The van der Waals surface area contributed by atoms with Crippen LogP contribution in [-0.4, -0.2) is 42.2 Å². The topological polar surface area (TPSA) is 38.5 Å². The van der Waals surface area contributed by atoms with Crippen LogP contribution in [0.2, 0.25) is 0 Å². The summed E-state index contributed by atoms with van der Waals surface area (Å²) < 4.78 is 5.37. The number of thiocarbonyl (C=S) groups is 1. The average Bonchev–Trinajstić information content (AvgIpc) is 2.26. The van der Waals surface area contributed by atoms with Gasteiger partial charge in [0, 0.05) is 31.7 Å². The maximum absolute atomic E-state index is 5.62. The molecule has 0 spiro atoms. The first-order valence-electron chi connectivity index (χ1n) is 5.73. The third kappa shape index (κ3) is 4.05. The summed E-state index contributed by atoms with van der Waals surface area (Å²) in [7, 11) is 2.18. The molecule has 1 rings (SSSR count). The lowest BCUT2D eigenvalue weighted by Gasteiger charge is -2.36. The number of nitrogens with two attached hydrogens (primary N) is 1. The Kier molecular flexibility index (Phi) is 5.50. The van der Waals surface area contributed by atoms with Crippen LogP contribution in [0, 0.1) is 0 Å². The number of rotatable bonds is 5. The molecule has 0 amide bonds. The molecule has 1 atom stereocenters. The van der Waals surface area contributed by atoms with E-state index < -0.39 is 0 Å². The van der Waals surface area contributed by atoms with E-state index in [9.17, 15) is 0 Å². The fraction of sp³-hybridized carbons (Fsp3) is 0.909. The largest absolute Gasteiger partial charge is 0.393 e. The van der Waals surface area contributed by atoms with Crippen LogP contribution in [0.1, 0.15) is 32.6 Å². The first kappa shape index (κ1) is 12.9. The van der Waals surface area contributed by atoms with Gasteiger partial charge in [0.05, 0.1) is 4.99 Å². The van der Waals surface area contributed by atoms with E-state index in [1.165, 1.54) is 0 Å². The molecule has 0 radical (unpaired) electrons. The van der Waals surface area contributed by atoms with Crippen molar-refractivity contribution in [3.63, 3.8) is 0 Å². The maximum atomic E-state index is 5.62. The molecule has 2 N–H and O–H groups in total. The Bertz CT molecular complexity index is 205. The van der Waals surface area contributed by atoms with E-state index in [0.717, 1.165) is 38.9 Å². The Morgan fingerprint density at radius 1 is 1.53 bits per heavy atom. The first-order valence-corrected chi connectivity index (χ1v) is 6.14. The van der Waals surface area contributed by atoms with Crippen LogP contribution in [0.25, 0.3) is 0 Å². The number of ether oxygens (including phenoxy) is 1. The van der Waals surface area contributed by atoms with Crippen molar-refractivity contribution in [2.75, 3.05) is 20.3 Å². The van der Waals surface area contributed by atoms with Crippen molar-refractivity contribution in [2.45, 2.75) is 44.7 Å². The van der Waals surface area contributed by atoms with Gasteiger partial charge in [0.25, 0.3) is 0 Å². The molecule has 1 saturated heterocycles. The Labute approximate surface area is 98.0 Å². The highest BCUT2D eigenvalue weighted by molar-refractivity contribution is 7.80. The Morgan fingerprint density at radius 2 is 2.13 bits per heavy atom. The molecule has 88 valence electrons. The summed E-state index contributed by atoms with van der Waals surface area (Å²) in [6, 6.07) is 1.13. The zero-order chi connectivity index (χ0) is 11.3. The quantitative estimate of drug-likeness (QED) is 0.727. The van der Waals surface area contributed by atoms with E-state index in [0.29, 0.717) is 17.1 Å². The van der Waals surface area contributed by atoms with Crippen LogP contribution < -0.4 is 5.73 Å². The number of hydrogen-bond donors (Lipinski definition) is 1. The molecular weight excluding hydrogens is 208 g/mol. The smallest absolute Gasteiger partial charge is 0.0743 e. The average molecular weight is 230 g/mol. The fourth-order valence-corrected chi connectivity index (χ4v) is 2.39. The normalized spacial score (nSPS) is 20.5. The molecule has 3 nitrogen and oxygen atoms in total. The van der Waals surface area contributed by atoms with Crippen molar-refractivity contribution in [1.29, 1.82) is 0 Å². The van der Waals surface area contributed by atoms with Crippen molar-refractivity contribution in [3.8, 4) is 0 Å². The second kappa shape index (κ2) is 6.40. The van der Waals surface area contributed by atoms with Gasteiger partial charge in [0.15, 0.2) is 0 Å². The molecule has 4 heteroatoms. The van der Waals surface area contributed by atoms with Crippen molar-refractivity contribution in [3.05, 3.63) is 0 Å². The third-order valence-corrected chi connectivity index (χ3v) is 3.42. The van der Waals surface area contributed by atoms with Crippen molar-refractivity contribution in [2.24, 2.45) is 5.73 Å². The summed E-state index contributed by atoms with van der Waals surface area (Å²) in [5.41, 5.74) is 5.62. The van der Waals surface area contributed by atoms with Gasteiger partial charge in [-0.15, -0.1) is 0 Å². The summed E-state index contributed by atoms with van der Waals surface area (Å²) >= 11 is 4.99. The van der Waals surface area contributed by atoms with Crippen LogP contribution in [-0.2, 0) is 4.74 Å². The molecule has 1 heterocycles. The number of hydrogen-bond acceptors (Lipinski definition) is 3. The molecule has 0 aromatic rings. The lowest BCUT2D eigenvalue weighted by molar-refractivity contribution is 0.0289. The predicted molar refractivity (Wildman–Crippen MR) is 67.1 cm³/mol. The van der Waals surface area contributed by atoms with Crippen molar-refractivity contribution in [1.82, 2.24) is 4.90 Å². The molecular formula is C11H22N2OS. The van der Waals surface area contributed by atoms with Crippen molar-refractivity contribution >= 4 is 17.2 Å². The summed E-state index contributed by atoms with van der Waals surface area (Å²) in [5, 5.41) is 0. The fourth-order valence-electron chi connectivity index (χ4n) is 2.20. The van der Waals surface area contributed by atoms with Gasteiger partial charge in [0.2, 0.25) is 0 Å². The third-order valence-electron chi connectivity index (χ3n) is 3.25. The molecule has 0 aromatic carbocycles. The molecule has 15 heavy (non-hydrogen) atoms. The minimum Gasteiger partial charge on any atom is -0.393 e. The lowest BCUT2D eigenvalue weighted by atomic mass is 10.0. The van der Waals surface area contributed by atoms with E-state index in [1.807, 2.05) is 0 Å². The van der Waals surface area contributed by atoms with Crippen molar-refractivity contribution < 1.29 is 4.74 Å². The summed E-state index contributed by atoms with van der Waals surface area (Å²) in [4.78, 5) is 3.06. The molecule has 0 aromatic heterocycles. The van der Waals surface area contributed by atoms with Gasteiger partial charge >= 0.3 is 0 Å². The Hall–Kier alpha value is -0.190. The minimum atomic E-state index is 0.491. The summed E-state index contributed by atoms with van der Waals surface area (Å²) in [6.07, 6.45) is 4.19. The zero-order valence-corrected chi connectivity index (χ0v) is 10.6. The van der Waals surface area contributed by atoms with Crippen LogP contribution in [0.15, 0.2) is 0 Å². The van der Waals surface area contributed by atoms with Gasteiger partial charge in [-0.3, -0.25) is 4.90 Å². The van der Waals surface area contributed by atoms with Gasteiger partial charge < -0.3 is 10.5 Å². The highest BCUT2D eigenvalue weighted by Gasteiger charge is 2.23. The highest BCUT2D eigenvalue weighted by atomic mass is 32.1. The lowest BCUT2D eigenvalue weighted by Crippen LogP contribution is -2.44. The van der Waals surface area contributed by atoms with E-state index in [-0.39, 0.29) is 0 Å². The SMILES string of the molecule is CCC(CC(N)=S)N(C)C1CCOCC1. The second-order valence-corrected chi connectivity index (χ2v) is 4.77. The van der Waals surface area contributed by atoms with E-state index in [4.69, 9.17) is 22.7 Å². The van der Waals surface area contributed by atoms with Crippen LogP contribution in [0.3, 0.4) is 0 Å². The first-order chi connectivity index (χ1) is 7.15. The van der Waals surface area contributed by atoms with E-state index >= 15 is 0 Å². The van der Waals surface area contributed by atoms with Crippen LogP contribution in [0.5, 0.6) is 0 Å². The zero-order valence-electron chi connectivity index (χ0n) is 9.74. The van der Waals surface area contributed by atoms with Gasteiger partial charge in [0.1, 0.15) is 0 Å². The summed E-state index contributed by atoms with van der Waals surface area (Å²) in [6.45, 7) is 3.97. The van der Waals surface area contributed by atoms with Crippen LogP contribution in [0.4, 0.5) is 0 Å². The van der Waals surface area contributed by atoms with Gasteiger partial charge in [-0.25, -0.2) is 0 Å². The van der Waals surface area contributed by atoms with Gasteiger partial charge in [-0.05, 0) is 26.3 Å². The monoisotopic (exact) mass is 230 g/mol. The standard InChI is InChI=1S/C11H22N2OS/c1-3-9(8-11(12)15)13(2)10-4-6-14-7-5-10/h9-10H,3-8H2,1-2H3,(H2,12,15). The van der Waals surface area contributed by atoms with Gasteiger partial charge in [-0.2, -0.15) is 0 Å². The molecule has 1 aliphatic heterocycles. The molecule has 0 saturated carbocycles. The summed E-state index contributed by atoms with van der Waals surface area (Å²) in [5.74, 6) is 0. The molecule has 1 fully saturated rings. The van der Waals surface area contributed by atoms with E-state index in [2.05, 4.69) is 18.9 Å². The highest BCUT2D eigenvalue weighted by Crippen LogP contribution is 2.18. The molecule has 1 unspecified atom stereocenters. The minimum absolute atomic E-state index is 0.491. The molecule has 0 aliphatic carbocycles. The predicted octanol–water partition coefficient (Wildman–Crippen LogP) is 1.55. The number of nitrogens with zero attached hydrogens (tertiary/aromatic N) is 1. The molecule has 0 bridgehead atoms. The second-order valence-electron chi connectivity index (χ2n) is 4.24. The van der Waals surface area contributed by atoms with Gasteiger partial charge in [-0.1, -0.05) is 19.1 Å². The van der Waals surface area contributed by atoms with E-state index in [1.54, 1.807) is 0 Å². The molecule has 1 aliphatic rings. The Balaban J connectivity index is 2.46. The maximum Gasteiger partial charge on any atom is 0.0743 e. The van der Waals surface area contributed by atoms with Crippen LogP contribution >= 0.6 is 12.2 Å².